The molecular weight excluding hydrogens is 434 g/mol. The molecule has 2 heterocycles. The minimum absolute atomic E-state index is 0.128. The second kappa shape index (κ2) is 9.13. The van der Waals surface area contributed by atoms with Crippen molar-refractivity contribution in [2.45, 2.75) is 30.6 Å². The molecule has 1 amide bonds. The lowest BCUT2D eigenvalue weighted by molar-refractivity contribution is 0.102. The lowest BCUT2D eigenvalue weighted by Crippen LogP contribution is -2.23. The van der Waals surface area contributed by atoms with Gasteiger partial charge in [0.2, 0.25) is 9.47 Å². The molecule has 0 radical (unpaired) electrons. The predicted octanol–water partition coefficient (Wildman–Crippen LogP) is 3.18. The van der Waals surface area contributed by atoms with Crippen molar-refractivity contribution in [2.24, 2.45) is 0 Å². The maximum Gasteiger partial charge on any atom is 0.270 e. The lowest BCUT2D eigenvalue weighted by Gasteiger charge is -2.17. The average Bonchev–Trinajstić information content (AvgIpc) is 3.46. The summed E-state index contributed by atoms with van der Waals surface area (Å²) in [5.74, 6) is -0.357. The Balaban J connectivity index is 1.37. The number of aryl methyl sites for hydroxylation is 1. The Kier molecular flexibility index (Phi) is 6.30. The molecule has 1 aromatic heterocycles. The molecule has 162 valence electrons. The van der Waals surface area contributed by atoms with Crippen LogP contribution in [0.4, 0.5) is 10.8 Å². The maximum atomic E-state index is 12.6. The van der Waals surface area contributed by atoms with Crippen molar-refractivity contribution in [2.75, 3.05) is 23.3 Å². The van der Waals surface area contributed by atoms with E-state index in [0.29, 0.717) is 5.56 Å². The van der Waals surface area contributed by atoms with Gasteiger partial charge in [0.25, 0.3) is 15.9 Å². The van der Waals surface area contributed by atoms with Crippen LogP contribution in [-0.2, 0) is 16.6 Å². The minimum Gasteiger partial charge on any atom is -0.372 e. The third-order valence-electron chi connectivity index (χ3n) is 5.12. The molecule has 1 aliphatic heterocycles. The van der Waals surface area contributed by atoms with E-state index in [-0.39, 0.29) is 21.9 Å². The Morgan fingerprint density at radius 2 is 1.77 bits per heavy atom. The quantitative estimate of drug-likeness (QED) is 0.528. The molecule has 0 atom stereocenters. The van der Waals surface area contributed by atoms with Crippen LogP contribution in [0.15, 0.2) is 52.9 Å². The Morgan fingerprint density at radius 3 is 2.48 bits per heavy atom. The number of amides is 1. The molecule has 0 saturated carbocycles. The number of anilines is 2. The Labute approximate surface area is 185 Å². The number of sulfonamides is 1. The van der Waals surface area contributed by atoms with Crippen LogP contribution in [0, 0.1) is 6.92 Å². The van der Waals surface area contributed by atoms with E-state index >= 15 is 0 Å². The molecular formula is C21H23N5O3S2. The van der Waals surface area contributed by atoms with E-state index in [9.17, 15) is 13.2 Å². The Bertz CT molecular complexity index is 1170. The first-order chi connectivity index (χ1) is 14.9. The summed E-state index contributed by atoms with van der Waals surface area (Å²) in [5, 5.41) is 10.3. The van der Waals surface area contributed by atoms with Crippen LogP contribution in [-0.4, -0.2) is 37.6 Å². The molecule has 2 aromatic carbocycles. The summed E-state index contributed by atoms with van der Waals surface area (Å²) in [6, 6.07) is 15.0. The van der Waals surface area contributed by atoms with Crippen LogP contribution >= 0.6 is 11.3 Å². The standard InChI is InChI=1S/C21H23N5O3S2/c1-15-6-2-3-7-18(15)19(27)23-20-24-25-21(30-20)31(28,29)22-14-16-8-10-17(11-9-16)26-12-4-5-13-26/h2-3,6-11,22H,4-5,12-14H2,1H3,(H,23,24,27). The molecule has 4 rings (SSSR count). The second-order valence-electron chi connectivity index (χ2n) is 7.33. The largest absolute Gasteiger partial charge is 0.372 e. The van der Waals surface area contributed by atoms with Crippen LogP contribution in [0.1, 0.15) is 34.3 Å². The zero-order chi connectivity index (χ0) is 21.8. The fraction of sp³-hybridized carbons (Fsp3) is 0.286. The van der Waals surface area contributed by atoms with Crippen molar-refractivity contribution in [3.05, 3.63) is 65.2 Å². The zero-order valence-electron chi connectivity index (χ0n) is 17.0. The number of hydrogen-bond donors (Lipinski definition) is 2. The van der Waals surface area contributed by atoms with E-state index < -0.39 is 10.0 Å². The summed E-state index contributed by atoms with van der Waals surface area (Å²) in [7, 11) is -3.84. The van der Waals surface area contributed by atoms with Gasteiger partial charge in [0.15, 0.2) is 0 Å². The monoisotopic (exact) mass is 457 g/mol. The number of nitrogens with one attached hydrogen (secondary N) is 2. The topological polar surface area (TPSA) is 104 Å². The van der Waals surface area contributed by atoms with Crippen molar-refractivity contribution in [1.82, 2.24) is 14.9 Å². The molecule has 1 fully saturated rings. The van der Waals surface area contributed by atoms with Gasteiger partial charge in [0.1, 0.15) is 0 Å². The van der Waals surface area contributed by atoms with Crippen molar-refractivity contribution in [3.63, 3.8) is 0 Å². The smallest absolute Gasteiger partial charge is 0.270 e. The molecule has 1 aliphatic rings. The molecule has 3 aromatic rings. The molecule has 2 N–H and O–H groups in total. The van der Waals surface area contributed by atoms with E-state index in [1.165, 1.54) is 12.8 Å². The summed E-state index contributed by atoms with van der Waals surface area (Å²) >= 11 is 0.812. The zero-order valence-corrected chi connectivity index (χ0v) is 18.7. The fourth-order valence-corrected chi connectivity index (χ4v) is 5.35. The van der Waals surface area contributed by atoms with Gasteiger partial charge in [0, 0.05) is 30.9 Å². The van der Waals surface area contributed by atoms with Crippen LogP contribution in [0.3, 0.4) is 0 Å². The van der Waals surface area contributed by atoms with Crippen LogP contribution < -0.4 is 14.9 Å². The van der Waals surface area contributed by atoms with Gasteiger partial charge in [-0.1, -0.05) is 41.7 Å². The summed E-state index contributed by atoms with van der Waals surface area (Å²) in [4.78, 5) is 14.7. The number of benzene rings is 2. The normalized spacial score (nSPS) is 14.0. The summed E-state index contributed by atoms with van der Waals surface area (Å²) < 4.78 is 27.5. The summed E-state index contributed by atoms with van der Waals surface area (Å²) in [6.07, 6.45) is 2.41. The van der Waals surface area contributed by atoms with Gasteiger partial charge in [-0.25, -0.2) is 13.1 Å². The maximum absolute atomic E-state index is 12.6. The van der Waals surface area contributed by atoms with Gasteiger partial charge < -0.3 is 4.90 Å². The second-order valence-corrected chi connectivity index (χ2v) is 10.2. The van der Waals surface area contributed by atoms with Gasteiger partial charge in [0.05, 0.1) is 0 Å². The van der Waals surface area contributed by atoms with Gasteiger partial charge in [-0.05, 0) is 49.1 Å². The van der Waals surface area contributed by atoms with Gasteiger partial charge in [-0.3, -0.25) is 10.1 Å². The first kappa shape index (κ1) is 21.4. The van der Waals surface area contributed by atoms with Crippen LogP contribution in [0.2, 0.25) is 0 Å². The van der Waals surface area contributed by atoms with E-state index in [1.54, 1.807) is 12.1 Å². The molecule has 10 heteroatoms. The summed E-state index contributed by atoms with van der Waals surface area (Å²) in [5.41, 5.74) is 3.32. The number of nitrogens with zero attached hydrogens (tertiary/aromatic N) is 3. The van der Waals surface area contributed by atoms with Crippen molar-refractivity contribution < 1.29 is 13.2 Å². The SMILES string of the molecule is Cc1ccccc1C(=O)Nc1nnc(S(=O)(=O)NCc2ccc(N3CCCC3)cc2)s1. The highest BCUT2D eigenvalue weighted by Crippen LogP contribution is 2.23. The number of rotatable bonds is 7. The Hall–Kier alpha value is -2.82. The highest BCUT2D eigenvalue weighted by molar-refractivity contribution is 7.91. The molecule has 0 spiro atoms. The molecule has 31 heavy (non-hydrogen) atoms. The number of carbonyl (C=O) groups is 1. The number of aromatic nitrogens is 2. The van der Waals surface area contributed by atoms with E-state index in [1.807, 2.05) is 43.3 Å². The third kappa shape index (κ3) is 5.09. The predicted molar refractivity (Wildman–Crippen MR) is 121 cm³/mol. The molecule has 8 nitrogen and oxygen atoms in total. The van der Waals surface area contributed by atoms with Crippen molar-refractivity contribution in [3.8, 4) is 0 Å². The summed E-state index contributed by atoms with van der Waals surface area (Å²) in [6.45, 7) is 4.09. The van der Waals surface area contributed by atoms with Crippen molar-refractivity contribution in [1.29, 1.82) is 0 Å². The van der Waals surface area contributed by atoms with Gasteiger partial charge in [-0.15, -0.1) is 10.2 Å². The van der Waals surface area contributed by atoms with Crippen LogP contribution in [0.5, 0.6) is 0 Å². The minimum atomic E-state index is -3.84. The average molecular weight is 458 g/mol. The van der Waals surface area contributed by atoms with E-state index in [4.69, 9.17) is 0 Å². The number of carbonyl (C=O) groups excluding carboxylic acids is 1. The molecule has 0 bridgehead atoms. The fourth-order valence-electron chi connectivity index (χ4n) is 3.40. The highest BCUT2D eigenvalue weighted by atomic mass is 32.2. The molecule has 1 saturated heterocycles. The lowest BCUT2D eigenvalue weighted by atomic mass is 10.1. The van der Waals surface area contributed by atoms with E-state index in [2.05, 4.69) is 25.1 Å². The van der Waals surface area contributed by atoms with E-state index in [0.717, 1.165) is 41.2 Å². The Morgan fingerprint density at radius 1 is 1.06 bits per heavy atom. The van der Waals surface area contributed by atoms with Crippen molar-refractivity contribution >= 4 is 38.1 Å². The highest BCUT2D eigenvalue weighted by Gasteiger charge is 2.21. The molecule has 0 aliphatic carbocycles. The first-order valence-electron chi connectivity index (χ1n) is 9.96. The van der Waals surface area contributed by atoms with Crippen LogP contribution in [0.25, 0.3) is 0 Å². The number of hydrogen-bond acceptors (Lipinski definition) is 7. The first-order valence-corrected chi connectivity index (χ1v) is 12.3. The van der Waals surface area contributed by atoms with Gasteiger partial charge >= 0.3 is 0 Å². The third-order valence-corrected chi connectivity index (χ3v) is 7.73. The van der Waals surface area contributed by atoms with Gasteiger partial charge in [-0.2, -0.15) is 0 Å². The molecule has 0 unspecified atom stereocenters.